The third-order valence-electron chi connectivity index (χ3n) is 0. The molecule has 0 aliphatic rings. The third-order valence-corrected chi connectivity index (χ3v) is 0. The van der Waals surface area contributed by atoms with Gasteiger partial charge in [0, 0.05) is 0 Å². The zero-order chi connectivity index (χ0) is 4.00. The average Bonchev–Trinajstić information content (AvgIpc) is 1.50. The topological polar surface area (TPSA) is 0 Å². The van der Waals surface area contributed by atoms with E-state index in [2.05, 4.69) is 60.7 Å². The Morgan fingerprint density at radius 1 is 1.25 bits per heavy atom. The third kappa shape index (κ3) is 8.89. The summed E-state index contributed by atoms with van der Waals surface area (Å²) in [5, 5.41) is 0. The van der Waals surface area contributed by atoms with E-state index in [9.17, 15) is 0 Å². The van der Waals surface area contributed by atoms with Crippen LogP contribution in [0.2, 0.25) is 0 Å². The van der Waals surface area contributed by atoms with E-state index in [4.69, 9.17) is 0 Å². The van der Waals surface area contributed by atoms with Crippen LogP contribution in [0, 0.1) is 0 Å². The van der Waals surface area contributed by atoms with Crippen molar-refractivity contribution in [1.82, 2.24) is 0 Å². The van der Waals surface area contributed by atoms with Crippen LogP contribution >= 0.6 is 22.6 Å². The van der Waals surface area contributed by atoms with Crippen LogP contribution in [0.25, 0.3) is 0 Å². The van der Waals surface area contributed by atoms with Crippen LogP contribution in [0.4, 0.5) is 0 Å². The van der Waals surface area contributed by atoms with E-state index in [1.165, 1.54) is 0 Å². The summed E-state index contributed by atoms with van der Waals surface area (Å²) in [6.07, 6.45) is 0. The van der Waals surface area contributed by atoms with Gasteiger partial charge >= 0.3 is 60.7 Å². The molecule has 0 saturated heterocycles. The Kier molecular flexibility index (Phi) is 45.2. The molecule has 0 aromatic heterocycles. The van der Waals surface area contributed by atoms with Crippen LogP contribution in [0.5, 0.6) is 0 Å². The van der Waals surface area contributed by atoms with Crippen LogP contribution in [-0.4, -0.2) is 0 Å². The second kappa shape index (κ2) is 19.0. The van der Waals surface area contributed by atoms with Crippen LogP contribution in [0.15, 0.2) is 0 Å². The van der Waals surface area contributed by atoms with Crippen molar-refractivity contribution in [1.29, 1.82) is 0 Å². The van der Waals surface area contributed by atoms with Gasteiger partial charge in [-0.2, -0.15) is 0 Å². The number of rotatable bonds is 0. The Hall–Kier alpha value is 2.18. The van der Waals surface area contributed by atoms with Gasteiger partial charge in [0.2, 0.25) is 0 Å². The Morgan fingerprint density at radius 2 is 1.25 bits per heavy atom. The van der Waals surface area contributed by atoms with Crippen LogP contribution in [0.3, 0.4) is 0 Å². The molecule has 4 heteroatoms. The average molecular weight is 328 g/mol. The summed E-state index contributed by atoms with van der Waals surface area (Å²) < 4.78 is 0. The van der Waals surface area contributed by atoms with Gasteiger partial charge in [0.1, 0.15) is 0 Å². The second-order valence-corrected chi connectivity index (χ2v) is 0. The van der Waals surface area contributed by atoms with E-state index in [0.29, 0.717) is 0 Å². The first-order chi connectivity index (χ1) is 2.00. The van der Waals surface area contributed by atoms with E-state index in [1.54, 1.807) is 0 Å². The predicted octanol–water partition coefficient (Wildman–Crippen LogP) is 1.49. The van der Waals surface area contributed by atoms with E-state index in [0.717, 1.165) is 0 Å². The van der Waals surface area contributed by atoms with E-state index >= 15 is 0 Å². The molecule has 0 unspecified atom stereocenters. The summed E-state index contributed by atoms with van der Waals surface area (Å²) in [6, 6.07) is 0. The first kappa shape index (κ1) is 9.49. The molecule has 35 valence electrons. The van der Waals surface area contributed by atoms with E-state index < -0.39 is 0 Å². The fraction of sp³-hybridized carbons (Fsp3) is 0. The molecule has 0 rings (SSSR count). The standard InChI is InChI=1S/2Ag.BrH.S/h;;1H;/q;+1;;/p-1. The fourth-order valence-corrected chi connectivity index (χ4v) is 0. The Labute approximate surface area is 59.8 Å². The van der Waals surface area contributed by atoms with Gasteiger partial charge < -0.3 is 0 Å². The minimum atomic E-state index is 2.53. The molecule has 0 aromatic carbocycles. The summed E-state index contributed by atoms with van der Waals surface area (Å²) in [5.74, 6) is 0. The zero-order valence-corrected chi connectivity index (χ0v) is 6.76. The van der Waals surface area contributed by atoms with Crippen LogP contribution in [-0.2, 0) is 38.1 Å². The minimum absolute atomic E-state index is 2.53. The van der Waals surface area contributed by atoms with Gasteiger partial charge in [0.05, 0.1) is 0 Å². The molecule has 0 aliphatic carbocycles. The molecule has 0 atom stereocenters. The molecule has 0 heterocycles. The summed E-state index contributed by atoms with van der Waals surface area (Å²) in [7, 11) is 3.89. The first-order valence-corrected chi connectivity index (χ1v) is 5.69. The Balaban J connectivity index is 0. The maximum atomic E-state index is 3.89. The van der Waals surface area contributed by atoms with Crippen molar-refractivity contribution >= 4 is 22.6 Å². The SMILES string of the molecule is [Br][Ag].[S]=[Ag]. The molecule has 0 aromatic rings. The van der Waals surface area contributed by atoms with Crippen molar-refractivity contribution in [3.63, 3.8) is 0 Å². The van der Waals surface area contributed by atoms with Gasteiger partial charge in [0.25, 0.3) is 0 Å². The zero-order valence-electron chi connectivity index (χ0n) is 1.39. The second-order valence-electron chi connectivity index (χ2n) is 0. The van der Waals surface area contributed by atoms with Crippen LogP contribution < -0.4 is 0 Å². The van der Waals surface area contributed by atoms with Crippen molar-refractivity contribution in [2.24, 2.45) is 0 Å². The first-order valence-electron chi connectivity index (χ1n) is 0.237. The molecular formula is Ag2BrS. The van der Waals surface area contributed by atoms with Crippen LogP contribution in [0.1, 0.15) is 0 Å². The number of hydrogen-bond donors (Lipinski definition) is 0. The number of hydrogen-bond acceptors (Lipinski definition) is 1. The molecule has 0 saturated carbocycles. The quantitative estimate of drug-likeness (QED) is 0.608. The fourth-order valence-electron chi connectivity index (χ4n) is 0. The van der Waals surface area contributed by atoms with Gasteiger partial charge in [0.15, 0.2) is 0 Å². The van der Waals surface area contributed by atoms with Gasteiger partial charge in [-0.05, 0) is 0 Å². The van der Waals surface area contributed by atoms with Gasteiger partial charge in [-0.1, -0.05) is 0 Å². The summed E-state index contributed by atoms with van der Waals surface area (Å²) in [5.41, 5.74) is 0. The molecule has 0 spiro atoms. The molecule has 0 aliphatic heterocycles. The van der Waals surface area contributed by atoms with Crippen molar-refractivity contribution in [2.75, 3.05) is 0 Å². The van der Waals surface area contributed by atoms with E-state index in [-0.39, 0.29) is 0 Å². The molecule has 0 radical (unpaired) electrons. The van der Waals surface area contributed by atoms with Gasteiger partial charge in [-0.25, -0.2) is 0 Å². The molecule has 0 fully saturated rings. The molecule has 0 bridgehead atoms. The molecule has 0 amide bonds. The summed E-state index contributed by atoms with van der Waals surface area (Å²) >= 11 is 8.04. The monoisotopic (exact) mass is 325 g/mol. The normalized spacial score (nSPS) is 3.25. The van der Waals surface area contributed by atoms with Gasteiger partial charge in [-0.3, -0.25) is 0 Å². The van der Waals surface area contributed by atoms with Gasteiger partial charge in [-0.15, -0.1) is 0 Å². The van der Waals surface area contributed by atoms with Crippen molar-refractivity contribution in [2.45, 2.75) is 0 Å². The van der Waals surface area contributed by atoms with Crippen molar-refractivity contribution < 1.29 is 38.1 Å². The molecule has 0 N–H and O–H groups in total. The van der Waals surface area contributed by atoms with Crippen molar-refractivity contribution in [3.05, 3.63) is 0 Å². The Bertz CT molecular complexity index is 6.00. The predicted molar refractivity (Wildman–Crippen MR) is 16.5 cm³/mol. The van der Waals surface area contributed by atoms with Crippen molar-refractivity contribution in [3.8, 4) is 0 Å². The Morgan fingerprint density at radius 3 is 1.25 bits per heavy atom. The molecular weight excluding hydrogens is 328 g/mol. The van der Waals surface area contributed by atoms with E-state index in [1.807, 2.05) is 0 Å². The summed E-state index contributed by atoms with van der Waals surface area (Å²) in [4.78, 5) is 0. The molecule has 4 heavy (non-hydrogen) atoms. The maximum absolute atomic E-state index is 3.89. The summed E-state index contributed by atoms with van der Waals surface area (Å²) in [6.45, 7) is 0. The number of halogens is 1. The molecule has 0 nitrogen and oxygen atoms in total.